The molecule has 0 spiro atoms. The van der Waals surface area contributed by atoms with Crippen LogP contribution in [0.1, 0.15) is 25.7 Å². The molecule has 0 bridgehead atoms. The fourth-order valence-corrected chi connectivity index (χ4v) is 1.33. The van der Waals surface area contributed by atoms with Crippen molar-refractivity contribution in [1.82, 2.24) is 5.32 Å². The van der Waals surface area contributed by atoms with Crippen LogP contribution in [0.25, 0.3) is 0 Å². The van der Waals surface area contributed by atoms with Gasteiger partial charge in [0.2, 0.25) is 5.91 Å². The average Bonchev–Trinajstić information content (AvgIpc) is 1.94. The maximum Gasteiger partial charge on any atom is 0.397 e. The average molecular weight is 247 g/mol. The van der Waals surface area contributed by atoms with Crippen LogP contribution in [-0.2, 0) is 4.79 Å². The van der Waals surface area contributed by atoms with Crippen LogP contribution < -0.4 is 11.1 Å². The van der Waals surface area contributed by atoms with E-state index < -0.39 is 24.0 Å². The molecular weight excluding hydrogens is 233 g/mol. The van der Waals surface area contributed by atoms with Gasteiger partial charge in [-0.3, -0.25) is 4.79 Å². The van der Waals surface area contributed by atoms with Gasteiger partial charge in [0.1, 0.15) is 6.42 Å². The van der Waals surface area contributed by atoms with Gasteiger partial charge in [0, 0.05) is 12.1 Å². The molecule has 1 aliphatic rings. The van der Waals surface area contributed by atoms with Gasteiger partial charge >= 0.3 is 6.18 Å². The second-order valence-electron chi connectivity index (χ2n) is 3.78. The summed E-state index contributed by atoms with van der Waals surface area (Å²) in [4.78, 5) is 10.8. The summed E-state index contributed by atoms with van der Waals surface area (Å²) in [5, 5.41) is 2.20. The number of nitrogens with two attached hydrogens (primary N) is 1. The zero-order valence-electron chi connectivity index (χ0n) is 8.06. The Balaban J connectivity index is 0.00000196. The van der Waals surface area contributed by atoms with Crippen LogP contribution in [0.3, 0.4) is 0 Å². The van der Waals surface area contributed by atoms with Gasteiger partial charge in [0.15, 0.2) is 0 Å². The molecular formula is C8H14ClF3N2O. The first kappa shape index (κ1) is 14.5. The molecule has 90 valence electrons. The Morgan fingerprint density at radius 1 is 1.40 bits per heavy atom. The third-order valence-electron chi connectivity index (χ3n) is 2.35. The lowest BCUT2D eigenvalue weighted by atomic mass is 9.78. The van der Waals surface area contributed by atoms with Gasteiger partial charge in [0.05, 0.1) is 0 Å². The predicted octanol–water partition coefficient (Wildman–Crippen LogP) is 1.36. The summed E-state index contributed by atoms with van der Waals surface area (Å²) in [5.41, 5.74) is 5.25. The van der Waals surface area contributed by atoms with E-state index in [4.69, 9.17) is 5.73 Å². The highest BCUT2D eigenvalue weighted by molar-refractivity contribution is 5.85. The van der Waals surface area contributed by atoms with E-state index >= 15 is 0 Å². The SMILES string of the molecule is Cl.NC1(CNC(=O)CC(F)(F)F)CCC1. The third-order valence-corrected chi connectivity index (χ3v) is 2.35. The van der Waals surface area contributed by atoms with Crippen LogP contribution in [0, 0.1) is 0 Å². The summed E-state index contributed by atoms with van der Waals surface area (Å²) in [7, 11) is 0. The molecule has 0 aromatic carbocycles. The number of rotatable bonds is 3. The van der Waals surface area contributed by atoms with E-state index in [0.717, 1.165) is 19.3 Å². The third kappa shape index (κ3) is 5.22. The molecule has 15 heavy (non-hydrogen) atoms. The minimum atomic E-state index is -4.44. The second kappa shape index (κ2) is 5.03. The minimum Gasteiger partial charge on any atom is -0.354 e. The van der Waals surface area contributed by atoms with Crippen molar-refractivity contribution in [3.63, 3.8) is 0 Å². The molecule has 1 amide bonds. The highest BCUT2D eigenvalue weighted by Gasteiger charge is 2.35. The lowest BCUT2D eigenvalue weighted by Crippen LogP contribution is -2.55. The Hall–Kier alpha value is -0.490. The van der Waals surface area contributed by atoms with Crippen molar-refractivity contribution in [3.05, 3.63) is 0 Å². The largest absolute Gasteiger partial charge is 0.397 e. The molecule has 0 saturated heterocycles. The normalized spacial score (nSPS) is 18.7. The Bertz CT molecular complexity index is 228. The fourth-order valence-electron chi connectivity index (χ4n) is 1.33. The van der Waals surface area contributed by atoms with Gasteiger partial charge < -0.3 is 11.1 Å². The van der Waals surface area contributed by atoms with Crippen LogP contribution in [0.4, 0.5) is 13.2 Å². The Morgan fingerprint density at radius 3 is 2.27 bits per heavy atom. The molecule has 1 aliphatic carbocycles. The molecule has 0 aliphatic heterocycles. The predicted molar refractivity (Wildman–Crippen MR) is 51.7 cm³/mol. The zero-order valence-corrected chi connectivity index (χ0v) is 8.88. The van der Waals surface area contributed by atoms with Gasteiger partial charge in [-0.05, 0) is 19.3 Å². The van der Waals surface area contributed by atoms with Gasteiger partial charge in [-0.25, -0.2) is 0 Å². The fraction of sp³-hybridized carbons (Fsp3) is 0.875. The standard InChI is InChI=1S/C8H13F3N2O.ClH/c9-8(10,11)4-6(14)13-5-7(12)2-1-3-7;/h1-5,12H2,(H,13,14);1H. The number of nitrogens with one attached hydrogen (secondary N) is 1. The summed E-state index contributed by atoms with van der Waals surface area (Å²) in [5.74, 6) is -1.01. The first-order valence-corrected chi connectivity index (χ1v) is 4.43. The number of hydrogen-bond acceptors (Lipinski definition) is 2. The summed E-state index contributed by atoms with van der Waals surface area (Å²) in [6, 6.07) is 0. The molecule has 1 rings (SSSR count). The van der Waals surface area contributed by atoms with Crippen molar-refractivity contribution >= 4 is 18.3 Å². The van der Waals surface area contributed by atoms with E-state index in [1.807, 2.05) is 0 Å². The van der Waals surface area contributed by atoms with Crippen molar-refractivity contribution < 1.29 is 18.0 Å². The van der Waals surface area contributed by atoms with Crippen molar-refractivity contribution in [1.29, 1.82) is 0 Å². The van der Waals surface area contributed by atoms with Crippen molar-refractivity contribution in [2.75, 3.05) is 6.54 Å². The maximum absolute atomic E-state index is 11.7. The minimum absolute atomic E-state index is 0. The molecule has 1 saturated carbocycles. The number of alkyl halides is 3. The lowest BCUT2D eigenvalue weighted by Gasteiger charge is -2.38. The van der Waals surface area contributed by atoms with E-state index in [1.165, 1.54) is 0 Å². The number of carbonyl (C=O) groups excluding carboxylic acids is 1. The first-order chi connectivity index (χ1) is 6.31. The molecule has 0 radical (unpaired) electrons. The number of amides is 1. The Kier molecular flexibility index (Phi) is 4.86. The molecule has 7 heteroatoms. The molecule has 0 aromatic heterocycles. The Labute approximate surface area is 92.0 Å². The molecule has 0 unspecified atom stereocenters. The van der Waals surface area contributed by atoms with Crippen molar-refractivity contribution in [2.24, 2.45) is 5.73 Å². The number of halogens is 4. The summed E-state index contributed by atoms with van der Waals surface area (Å²) < 4.78 is 35.2. The van der Waals surface area contributed by atoms with E-state index in [9.17, 15) is 18.0 Å². The van der Waals surface area contributed by atoms with Crippen LogP contribution in [0.5, 0.6) is 0 Å². The molecule has 1 fully saturated rings. The van der Waals surface area contributed by atoms with Gasteiger partial charge in [0.25, 0.3) is 0 Å². The molecule has 3 N–H and O–H groups in total. The monoisotopic (exact) mass is 246 g/mol. The van der Waals surface area contributed by atoms with E-state index in [1.54, 1.807) is 0 Å². The summed E-state index contributed by atoms with van der Waals surface area (Å²) >= 11 is 0. The topological polar surface area (TPSA) is 55.1 Å². The Morgan fingerprint density at radius 2 is 1.93 bits per heavy atom. The molecule has 0 aromatic rings. The van der Waals surface area contributed by atoms with Gasteiger partial charge in [-0.15, -0.1) is 12.4 Å². The smallest absolute Gasteiger partial charge is 0.354 e. The summed E-state index contributed by atoms with van der Waals surface area (Å²) in [6.07, 6.45) is -3.36. The highest BCUT2D eigenvalue weighted by atomic mass is 35.5. The number of hydrogen-bond donors (Lipinski definition) is 2. The molecule has 3 nitrogen and oxygen atoms in total. The van der Waals surface area contributed by atoms with E-state index in [-0.39, 0.29) is 19.0 Å². The van der Waals surface area contributed by atoms with Gasteiger partial charge in [-0.1, -0.05) is 0 Å². The van der Waals surface area contributed by atoms with E-state index in [2.05, 4.69) is 5.32 Å². The van der Waals surface area contributed by atoms with Crippen LogP contribution in [-0.4, -0.2) is 24.2 Å². The zero-order chi connectivity index (χ0) is 10.8. The van der Waals surface area contributed by atoms with Crippen LogP contribution >= 0.6 is 12.4 Å². The second-order valence-corrected chi connectivity index (χ2v) is 3.78. The van der Waals surface area contributed by atoms with Crippen LogP contribution in [0.2, 0.25) is 0 Å². The first-order valence-electron chi connectivity index (χ1n) is 4.43. The summed E-state index contributed by atoms with van der Waals surface area (Å²) in [6.45, 7) is 0.141. The van der Waals surface area contributed by atoms with Crippen LogP contribution in [0.15, 0.2) is 0 Å². The quantitative estimate of drug-likeness (QED) is 0.790. The highest BCUT2D eigenvalue weighted by Crippen LogP contribution is 2.28. The lowest BCUT2D eigenvalue weighted by molar-refractivity contribution is -0.154. The van der Waals surface area contributed by atoms with Crippen molar-refractivity contribution in [2.45, 2.75) is 37.4 Å². The molecule has 0 atom stereocenters. The number of carbonyl (C=O) groups is 1. The van der Waals surface area contributed by atoms with Gasteiger partial charge in [-0.2, -0.15) is 13.2 Å². The molecule has 0 heterocycles. The van der Waals surface area contributed by atoms with E-state index in [0.29, 0.717) is 0 Å². The maximum atomic E-state index is 11.7. The van der Waals surface area contributed by atoms with Crippen molar-refractivity contribution in [3.8, 4) is 0 Å².